The molecule has 4 rings (SSSR count). The van der Waals surface area contributed by atoms with E-state index in [-0.39, 0.29) is 5.91 Å². The van der Waals surface area contributed by atoms with E-state index in [1.165, 1.54) is 11.8 Å². The van der Waals surface area contributed by atoms with E-state index in [2.05, 4.69) is 10.2 Å². The van der Waals surface area contributed by atoms with Crippen LogP contribution in [-0.4, -0.2) is 22.2 Å². The Morgan fingerprint density at radius 1 is 1.07 bits per heavy atom. The second kappa shape index (κ2) is 9.36. The first-order valence-corrected chi connectivity index (χ1v) is 10.6. The molecule has 0 spiro atoms. The number of carbonyl (C=O) groups is 1. The Morgan fingerprint density at radius 2 is 1.97 bits per heavy atom. The van der Waals surface area contributed by atoms with Crippen molar-refractivity contribution in [2.24, 2.45) is 10.2 Å². The highest BCUT2D eigenvalue weighted by molar-refractivity contribution is 8.18. The van der Waals surface area contributed by atoms with Crippen LogP contribution in [0.1, 0.15) is 16.2 Å². The molecule has 3 heterocycles. The second-order valence-electron chi connectivity index (χ2n) is 6.02. The average Bonchev–Trinajstić information content (AvgIpc) is 3.49. The SMILES string of the molecule is O=C1/C(=C/C=C/c2ccccc2)S/C(=N/N=C/c2cccs2)N1Cc1ccco1. The summed E-state index contributed by atoms with van der Waals surface area (Å²) in [5.41, 5.74) is 1.07. The molecule has 0 atom stereocenters. The van der Waals surface area contributed by atoms with Gasteiger partial charge in [-0.1, -0.05) is 48.6 Å². The number of nitrogens with zero attached hydrogens (tertiary/aromatic N) is 3. The molecule has 1 saturated heterocycles. The molecule has 1 aliphatic rings. The highest BCUT2D eigenvalue weighted by Gasteiger charge is 2.33. The Labute approximate surface area is 176 Å². The summed E-state index contributed by atoms with van der Waals surface area (Å²) in [6.07, 6.45) is 8.92. The minimum Gasteiger partial charge on any atom is -0.467 e. The standard InChI is InChI=1S/C22H17N3O2S2/c26-21-20(12-4-9-17-7-2-1-3-8-17)29-22(24-23-15-19-11-6-14-28-19)25(21)16-18-10-5-13-27-18/h1-15H,16H2/b9-4+,20-12-,23-15+,24-22+. The van der Waals surface area contributed by atoms with Gasteiger partial charge in [0.25, 0.3) is 5.91 Å². The van der Waals surface area contributed by atoms with E-state index >= 15 is 0 Å². The molecule has 2 aromatic heterocycles. The lowest BCUT2D eigenvalue weighted by Crippen LogP contribution is -2.28. The molecule has 0 bridgehead atoms. The topological polar surface area (TPSA) is 58.2 Å². The first-order chi connectivity index (χ1) is 14.3. The van der Waals surface area contributed by atoms with Gasteiger partial charge in [0, 0.05) is 4.88 Å². The quantitative estimate of drug-likeness (QED) is 0.305. The normalized spacial score (nSPS) is 17.5. The maximum absolute atomic E-state index is 12.9. The van der Waals surface area contributed by atoms with E-state index in [0.29, 0.717) is 22.4 Å². The Kier molecular flexibility index (Phi) is 6.19. The fraction of sp³-hybridized carbons (Fsp3) is 0.0455. The van der Waals surface area contributed by atoms with Crippen LogP contribution in [0.15, 0.2) is 97.9 Å². The largest absolute Gasteiger partial charge is 0.467 e. The zero-order valence-corrected chi connectivity index (χ0v) is 17.0. The fourth-order valence-electron chi connectivity index (χ4n) is 2.61. The summed E-state index contributed by atoms with van der Waals surface area (Å²) in [5, 5.41) is 10.9. The molecule has 1 fully saturated rings. The van der Waals surface area contributed by atoms with Crippen molar-refractivity contribution in [1.29, 1.82) is 0 Å². The zero-order valence-electron chi connectivity index (χ0n) is 15.3. The molecule has 0 unspecified atom stereocenters. The molecule has 3 aromatic rings. The van der Waals surface area contributed by atoms with Crippen LogP contribution in [0.5, 0.6) is 0 Å². The van der Waals surface area contributed by atoms with Crippen LogP contribution in [0.4, 0.5) is 0 Å². The highest BCUT2D eigenvalue weighted by atomic mass is 32.2. The summed E-state index contributed by atoms with van der Waals surface area (Å²) in [6, 6.07) is 17.5. The number of hydrogen-bond acceptors (Lipinski definition) is 6. The molecule has 5 nitrogen and oxygen atoms in total. The lowest BCUT2D eigenvalue weighted by Gasteiger charge is -2.12. The van der Waals surface area contributed by atoms with Crippen LogP contribution in [0.3, 0.4) is 0 Å². The molecule has 1 aromatic carbocycles. The highest BCUT2D eigenvalue weighted by Crippen LogP contribution is 2.32. The van der Waals surface area contributed by atoms with Crippen molar-refractivity contribution >= 4 is 46.5 Å². The lowest BCUT2D eigenvalue weighted by atomic mass is 10.2. The van der Waals surface area contributed by atoms with E-state index in [0.717, 1.165) is 10.4 Å². The molecule has 0 radical (unpaired) electrons. The van der Waals surface area contributed by atoms with Crippen LogP contribution in [0.2, 0.25) is 0 Å². The Balaban J connectivity index is 1.55. The van der Waals surface area contributed by atoms with Crippen LogP contribution in [-0.2, 0) is 11.3 Å². The lowest BCUT2D eigenvalue weighted by molar-refractivity contribution is -0.122. The number of thiophene rings is 1. The van der Waals surface area contributed by atoms with Crippen LogP contribution in [0.25, 0.3) is 6.08 Å². The zero-order chi connectivity index (χ0) is 19.9. The molecule has 29 heavy (non-hydrogen) atoms. The summed E-state index contributed by atoms with van der Waals surface area (Å²) in [7, 11) is 0. The molecule has 7 heteroatoms. The second-order valence-corrected chi connectivity index (χ2v) is 8.00. The summed E-state index contributed by atoms with van der Waals surface area (Å²) in [6.45, 7) is 0.311. The van der Waals surface area contributed by atoms with E-state index in [1.54, 1.807) is 40.9 Å². The third-order valence-corrected chi connectivity index (χ3v) is 5.81. The number of allylic oxidation sites excluding steroid dienone is 2. The van der Waals surface area contributed by atoms with Gasteiger partial charge in [-0.2, -0.15) is 5.10 Å². The van der Waals surface area contributed by atoms with Crippen LogP contribution in [0, 0.1) is 0 Å². The summed E-state index contributed by atoms with van der Waals surface area (Å²) >= 11 is 2.88. The van der Waals surface area contributed by atoms with E-state index in [4.69, 9.17) is 4.42 Å². The van der Waals surface area contributed by atoms with E-state index in [9.17, 15) is 4.79 Å². The van der Waals surface area contributed by atoms with Crippen LogP contribution < -0.4 is 0 Å². The number of amides is 1. The molecule has 0 aliphatic carbocycles. The predicted molar refractivity (Wildman–Crippen MR) is 120 cm³/mol. The molecule has 0 N–H and O–H groups in total. The van der Waals surface area contributed by atoms with Gasteiger partial charge in [-0.3, -0.25) is 9.69 Å². The van der Waals surface area contributed by atoms with Gasteiger partial charge in [-0.05, 0) is 47.0 Å². The Hall–Kier alpha value is -3.16. The van der Waals surface area contributed by atoms with Gasteiger partial charge in [0.2, 0.25) is 0 Å². The van der Waals surface area contributed by atoms with Gasteiger partial charge in [-0.25, -0.2) is 0 Å². The predicted octanol–water partition coefficient (Wildman–Crippen LogP) is 5.40. The first kappa shape index (κ1) is 19.2. The van der Waals surface area contributed by atoms with Gasteiger partial charge in [-0.15, -0.1) is 16.4 Å². The number of amidine groups is 1. The first-order valence-electron chi connectivity index (χ1n) is 8.89. The summed E-state index contributed by atoms with van der Waals surface area (Å²) < 4.78 is 5.40. The van der Waals surface area contributed by atoms with E-state index in [1.807, 2.05) is 66.1 Å². The molecule has 144 valence electrons. The molecular weight excluding hydrogens is 402 g/mol. The minimum atomic E-state index is -0.116. The smallest absolute Gasteiger partial charge is 0.267 e. The van der Waals surface area contributed by atoms with Gasteiger partial charge in [0.05, 0.1) is 23.9 Å². The number of benzene rings is 1. The van der Waals surface area contributed by atoms with Crippen molar-refractivity contribution in [2.75, 3.05) is 0 Å². The third kappa shape index (κ3) is 5.01. The van der Waals surface area contributed by atoms with Gasteiger partial charge in [0.15, 0.2) is 5.17 Å². The maximum Gasteiger partial charge on any atom is 0.267 e. The summed E-state index contributed by atoms with van der Waals surface area (Å²) in [5.74, 6) is 0.573. The Bertz CT molecular complexity index is 1070. The number of thioether (sulfide) groups is 1. The molecule has 1 aliphatic heterocycles. The van der Waals surface area contributed by atoms with Gasteiger partial charge in [0.1, 0.15) is 5.76 Å². The van der Waals surface area contributed by atoms with Crippen LogP contribution >= 0.6 is 23.1 Å². The maximum atomic E-state index is 12.9. The number of hydrogen-bond donors (Lipinski definition) is 0. The minimum absolute atomic E-state index is 0.116. The number of furan rings is 1. The summed E-state index contributed by atoms with van der Waals surface area (Å²) in [4.78, 5) is 16.1. The van der Waals surface area contributed by atoms with Crippen molar-refractivity contribution in [2.45, 2.75) is 6.54 Å². The van der Waals surface area contributed by atoms with Crippen molar-refractivity contribution in [3.05, 3.63) is 99.5 Å². The van der Waals surface area contributed by atoms with Gasteiger partial charge < -0.3 is 4.42 Å². The Morgan fingerprint density at radius 3 is 2.72 bits per heavy atom. The van der Waals surface area contributed by atoms with Gasteiger partial charge >= 0.3 is 0 Å². The van der Waals surface area contributed by atoms with E-state index < -0.39 is 0 Å². The molecule has 1 amide bonds. The van der Waals surface area contributed by atoms with Crippen molar-refractivity contribution in [3.8, 4) is 0 Å². The third-order valence-electron chi connectivity index (χ3n) is 3.99. The fourth-order valence-corrected chi connectivity index (χ4v) is 4.07. The average molecular weight is 420 g/mol. The number of carbonyl (C=O) groups excluding carboxylic acids is 1. The van der Waals surface area contributed by atoms with Crippen molar-refractivity contribution < 1.29 is 9.21 Å². The monoisotopic (exact) mass is 419 g/mol. The molecular formula is C22H17N3O2S2. The molecule has 0 saturated carbocycles. The number of rotatable bonds is 6. The van der Waals surface area contributed by atoms with Crippen molar-refractivity contribution in [1.82, 2.24) is 4.90 Å². The van der Waals surface area contributed by atoms with Crippen molar-refractivity contribution in [3.63, 3.8) is 0 Å².